The van der Waals surface area contributed by atoms with Gasteiger partial charge in [0.25, 0.3) is 0 Å². The summed E-state index contributed by atoms with van der Waals surface area (Å²) in [6.07, 6.45) is 2.74. The molecular formula is C32H32NO2+. The SMILES string of the molecule is O=C(C[N+]12CCC(C(O)(c3ccccc3)c3ccccc3)(CC1)CC2)c1ccc2ccccc2c1. The molecule has 0 radical (unpaired) electrons. The number of rotatable bonds is 6. The van der Waals surface area contributed by atoms with E-state index in [0.29, 0.717) is 6.54 Å². The second-order valence-corrected chi connectivity index (χ2v) is 10.6. The smallest absolute Gasteiger partial charge is 0.216 e. The van der Waals surface area contributed by atoms with Gasteiger partial charge in [0.05, 0.1) is 19.6 Å². The predicted molar refractivity (Wildman–Crippen MR) is 140 cm³/mol. The molecule has 0 saturated carbocycles. The molecule has 0 aromatic heterocycles. The number of benzene rings is 4. The van der Waals surface area contributed by atoms with E-state index in [0.717, 1.165) is 70.8 Å². The maximum absolute atomic E-state index is 13.4. The van der Waals surface area contributed by atoms with Crippen LogP contribution in [0.2, 0.25) is 0 Å². The molecule has 4 aromatic rings. The van der Waals surface area contributed by atoms with E-state index in [9.17, 15) is 9.90 Å². The van der Waals surface area contributed by atoms with E-state index in [1.165, 1.54) is 0 Å². The van der Waals surface area contributed by atoms with E-state index in [1.54, 1.807) is 0 Å². The molecule has 176 valence electrons. The molecule has 0 spiro atoms. The Morgan fingerprint density at radius 1 is 0.714 bits per heavy atom. The van der Waals surface area contributed by atoms with Crippen molar-refractivity contribution < 1.29 is 14.4 Å². The van der Waals surface area contributed by atoms with Crippen LogP contribution in [-0.4, -0.2) is 41.6 Å². The highest BCUT2D eigenvalue weighted by atomic mass is 16.3. The quantitative estimate of drug-likeness (QED) is 0.284. The Morgan fingerprint density at radius 3 is 1.80 bits per heavy atom. The van der Waals surface area contributed by atoms with Crippen LogP contribution in [0.4, 0.5) is 0 Å². The number of aliphatic hydroxyl groups is 1. The second kappa shape index (κ2) is 8.44. The molecule has 2 bridgehead atoms. The van der Waals surface area contributed by atoms with Gasteiger partial charge in [-0.3, -0.25) is 4.79 Å². The Kier molecular flexibility index (Phi) is 5.36. The number of fused-ring (bicyclic) bond motifs is 4. The molecule has 0 amide bonds. The molecule has 7 rings (SSSR count). The minimum atomic E-state index is -1.03. The lowest BCUT2D eigenvalue weighted by atomic mass is 9.56. The third kappa shape index (κ3) is 3.62. The van der Waals surface area contributed by atoms with Gasteiger partial charge in [0.1, 0.15) is 12.1 Å². The Hall–Kier alpha value is -3.27. The highest BCUT2D eigenvalue weighted by Gasteiger charge is 2.60. The summed E-state index contributed by atoms with van der Waals surface area (Å²) in [5.41, 5.74) is 1.50. The summed E-state index contributed by atoms with van der Waals surface area (Å²) in [4.78, 5) is 13.4. The number of nitrogens with zero attached hydrogens (tertiary/aromatic N) is 1. The van der Waals surface area contributed by atoms with Gasteiger partial charge in [-0.25, -0.2) is 0 Å². The fraction of sp³-hybridized carbons (Fsp3) is 0.281. The Labute approximate surface area is 207 Å². The molecule has 35 heavy (non-hydrogen) atoms. The molecule has 0 atom stereocenters. The lowest BCUT2D eigenvalue weighted by molar-refractivity contribution is -0.938. The van der Waals surface area contributed by atoms with Crippen molar-refractivity contribution in [3.05, 3.63) is 120 Å². The van der Waals surface area contributed by atoms with Crippen LogP contribution in [0.1, 0.15) is 40.7 Å². The Bertz CT molecular complexity index is 1300. The molecule has 1 N–H and O–H groups in total. The lowest BCUT2D eigenvalue weighted by Gasteiger charge is -2.59. The zero-order valence-corrected chi connectivity index (χ0v) is 20.1. The van der Waals surface area contributed by atoms with Crippen LogP contribution in [0.25, 0.3) is 10.8 Å². The van der Waals surface area contributed by atoms with Crippen LogP contribution in [0.15, 0.2) is 103 Å². The van der Waals surface area contributed by atoms with Crippen molar-refractivity contribution in [3.8, 4) is 0 Å². The maximum atomic E-state index is 13.4. The molecule has 4 aromatic carbocycles. The monoisotopic (exact) mass is 462 g/mol. The maximum Gasteiger partial charge on any atom is 0.216 e. The first kappa shape index (κ1) is 22.2. The van der Waals surface area contributed by atoms with Crippen molar-refractivity contribution in [3.63, 3.8) is 0 Å². The Morgan fingerprint density at radius 2 is 1.23 bits per heavy atom. The number of piperidine rings is 3. The summed E-state index contributed by atoms with van der Waals surface area (Å²) in [6, 6.07) is 34.6. The van der Waals surface area contributed by atoms with Crippen molar-refractivity contribution in [1.82, 2.24) is 0 Å². The highest BCUT2D eigenvalue weighted by molar-refractivity contribution is 6.00. The summed E-state index contributed by atoms with van der Waals surface area (Å²) >= 11 is 0. The number of carbonyl (C=O) groups is 1. The number of quaternary nitrogens is 1. The number of ketones is 1. The van der Waals surface area contributed by atoms with Gasteiger partial charge in [-0.15, -0.1) is 0 Å². The molecule has 3 saturated heterocycles. The van der Waals surface area contributed by atoms with Crippen molar-refractivity contribution in [2.24, 2.45) is 5.41 Å². The standard InChI is InChI=1S/C32H32NO2/c34-30(27-16-15-25-9-7-8-10-26(25)23-27)24-33-20-17-31(18-21-33,19-22-33)32(35,28-11-3-1-4-12-28)29-13-5-2-6-14-29/h1-16,23,35H,17-22,24H2/q+1. The number of hydrogen-bond donors (Lipinski definition) is 1. The highest BCUT2D eigenvalue weighted by Crippen LogP contribution is 2.57. The summed E-state index contributed by atoms with van der Waals surface area (Å²) in [5.74, 6) is 0.228. The first-order valence-corrected chi connectivity index (χ1v) is 12.7. The zero-order valence-electron chi connectivity index (χ0n) is 20.1. The van der Waals surface area contributed by atoms with Crippen LogP contribution in [0.5, 0.6) is 0 Å². The normalized spacial score (nSPS) is 23.9. The summed E-state index contributed by atoms with van der Waals surface area (Å²) < 4.78 is 0.840. The van der Waals surface area contributed by atoms with Gasteiger partial charge >= 0.3 is 0 Å². The van der Waals surface area contributed by atoms with E-state index < -0.39 is 5.60 Å². The topological polar surface area (TPSA) is 37.3 Å². The largest absolute Gasteiger partial charge is 0.380 e. The minimum Gasteiger partial charge on any atom is -0.380 e. The fourth-order valence-electron chi connectivity index (χ4n) is 6.74. The second-order valence-electron chi connectivity index (χ2n) is 10.6. The Balaban J connectivity index is 1.27. The summed E-state index contributed by atoms with van der Waals surface area (Å²) in [6.45, 7) is 3.34. The molecule has 3 nitrogen and oxygen atoms in total. The van der Waals surface area contributed by atoms with Gasteiger partial charge < -0.3 is 9.59 Å². The van der Waals surface area contributed by atoms with Gasteiger partial charge in [0.2, 0.25) is 5.78 Å². The zero-order chi connectivity index (χ0) is 23.9. The van der Waals surface area contributed by atoms with E-state index in [1.807, 2.05) is 60.7 Å². The van der Waals surface area contributed by atoms with Crippen molar-refractivity contribution >= 4 is 16.6 Å². The fourth-order valence-corrected chi connectivity index (χ4v) is 6.74. The summed E-state index contributed by atoms with van der Waals surface area (Å²) in [7, 11) is 0. The predicted octanol–water partition coefficient (Wildman–Crippen LogP) is 5.96. The number of hydrogen-bond acceptors (Lipinski definition) is 2. The van der Waals surface area contributed by atoms with Crippen LogP contribution < -0.4 is 0 Å². The third-order valence-electron chi connectivity index (χ3n) is 8.90. The van der Waals surface area contributed by atoms with E-state index in [-0.39, 0.29) is 11.2 Å². The van der Waals surface area contributed by atoms with E-state index in [4.69, 9.17) is 0 Å². The van der Waals surface area contributed by atoms with Crippen molar-refractivity contribution in [2.45, 2.75) is 24.9 Å². The third-order valence-corrected chi connectivity index (χ3v) is 8.90. The van der Waals surface area contributed by atoms with Crippen molar-refractivity contribution in [2.75, 3.05) is 26.2 Å². The van der Waals surface area contributed by atoms with Crippen LogP contribution in [-0.2, 0) is 5.60 Å². The molecule has 3 fully saturated rings. The molecule has 0 unspecified atom stereocenters. The van der Waals surface area contributed by atoms with Gasteiger partial charge in [-0.1, -0.05) is 97.1 Å². The van der Waals surface area contributed by atoms with Gasteiger partial charge in [-0.2, -0.15) is 0 Å². The first-order valence-electron chi connectivity index (χ1n) is 12.7. The molecule has 3 heteroatoms. The first-order chi connectivity index (χ1) is 17.0. The van der Waals surface area contributed by atoms with Crippen molar-refractivity contribution in [1.29, 1.82) is 0 Å². The van der Waals surface area contributed by atoms with Gasteiger partial charge in [0.15, 0.2) is 0 Å². The lowest BCUT2D eigenvalue weighted by Crippen LogP contribution is -2.67. The molecule has 3 aliphatic rings. The van der Waals surface area contributed by atoms with Crippen LogP contribution in [0, 0.1) is 5.41 Å². The minimum absolute atomic E-state index is 0.221. The van der Waals surface area contributed by atoms with Gasteiger partial charge in [0, 0.05) is 30.2 Å². The molecule has 0 aliphatic carbocycles. The van der Waals surface area contributed by atoms with E-state index in [2.05, 4.69) is 42.5 Å². The van der Waals surface area contributed by atoms with Crippen LogP contribution >= 0.6 is 0 Å². The average molecular weight is 463 g/mol. The number of Topliss-reactive ketones (excluding diaryl/α,β-unsaturated/α-hetero) is 1. The van der Waals surface area contributed by atoms with E-state index >= 15 is 0 Å². The summed E-state index contributed by atoms with van der Waals surface area (Å²) in [5, 5.41) is 14.8. The van der Waals surface area contributed by atoms with Crippen LogP contribution in [0.3, 0.4) is 0 Å². The number of carbonyl (C=O) groups excluding carboxylic acids is 1. The average Bonchev–Trinajstić information content (AvgIpc) is 2.94. The van der Waals surface area contributed by atoms with Gasteiger partial charge in [-0.05, 0) is 28.0 Å². The molecule has 3 aliphatic heterocycles. The molecule has 3 heterocycles. The molecular weight excluding hydrogens is 430 g/mol.